The summed E-state index contributed by atoms with van der Waals surface area (Å²) in [5, 5.41) is 0. The Bertz CT molecular complexity index is 671. The van der Waals surface area contributed by atoms with Crippen LogP contribution in [0.15, 0.2) is 29.3 Å². The Morgan fingerprint density at radius 1 is 1.00 bits per heavy atom. The number of benzene rings is 1. The number of ether oxygens (including phenoxy) is 1. The van der Waals surface area contributed by atoms with Crippen LogP contribution in [0, 0.1) is 23.9 Å². The lowest BCUT2D eigenvalue weighted by atomic mass is 9.89. The SMILES string of the molecule is COC1=C(F)C(C(F)(F)F)=C(c2ccc(F)c(F)c2F)C[CH]1. The van der Waals surface area contributed by atoms with Crippen LogP contribution in [0.3, 0.4) is 0 Å². The largest absolute Gasteiger partial charge is 0.498 e. The van der Waals surface area contributed by atoms with E-state index in [1.165, 1.54) is 0 Å². The van der Waals surface area contributed by atoms with Gasteiger partial charge in [-0.15, -0.1) is 0 Å². The van der Waals surface area contributed by atoms with E-state index in [1.807, 2.05) is 0 Å². The van der Waals surface area contributed by atoms with Gasteiger partial charge in [0.15, 0.2) is 23.3 Å². The van der Waals surface area contributed by atoms with Crippen LogP contribution in [-0.4, -0.2) is 13.3 Å². The van der Waals surface area contributed by atoms with Crippen LogP contribution in [-0.2, 0) is 4.74 Å². The lowest BCUT2D eigenvalue weighted by Gasteiger charge is -2.23. The smallest absolute Gasteiger partial charge is 0.419 e. The van der Waals surface area contributed by atoms with Crippen molar-refractivity contribution in [1.82, 2.24) is 0 Å². The van der Waals surface area contributed by atoms with E-state index in [-0.39, 0.29) is 0 Å². The normalized spacial score (nSPS) is 16.4. The summed E-state index contributed by atoms with van der Waals surface area (Å²) in [4.78, 5) is 0. The summed E-state index contributed by atoms with van der Waals surface area (Å²) in [6, 6.07) is 1.11. The topological polar surface area (TPSA) is 9.23 Å². The average Bonchev–Trinajstić information content (AvgIpc) is 2.43. The Morgan fingerprint density at radius 2 is 1.64 bits per heavy atom. The molecule has 1 aliphatic carbocycles. The Balaban J connectivity index is 2.75. The number of methoxy groups -OCH3 is 1. The number of halogens is 7. The van der Waals surface area contributed by atoms with Crippen LogP contribution in [0.4, 0.5) is 30.7 Å². The zero-order chi connectivity index (χ0) is 16.7. The molecule has 0 N–H and O–H groups in total. The Morgan fingerprint density at radius 3 is 2.18 bits per heavy atom. The highest BCUT2D eigenvalue weighted by molar-refractivity contribution is 5.76. The molecule has 0 bridgehead atoms. The number of alkyl halides is 3. The maximum Gasteiger partial charge on any atom is 0.419 e. The first-order chi connectivity index (χ1) is 10.2. The maximum absolute atomic E-state index is 13.9. The summed E-state index contributed by atoms with van der Waals surface area (Å²) in [6.07, 6.45) is -4.75. The van der Waals surface area contributed by atoms with Crippen molar-refractivity contribution in [3.05, 3.63) is 58.7 Å². The molecule has 0 saturated carbocycles. The highest BCUT2D eigenvalue weighted by Crippen LogP contribution is 2.45. The second-order valence-electron chi connectivity index (χ2n) is 4.36. The molecule has 0 amide bonds. The molecule has 0 saturated heterocycles. The standard InChI is InChI=1S/C14H8F7O/c1-22-9-5-3-6(10(13(9)18)14(19,20)21)7-2-4-8(15)12(17)11(7)16/h2,4-5H,3H2,1H3. The lowest BCUT2D eigenvalue weighted by Crippen LogP contribution is -2.20. The first-order valence-electron chi connectivity index (χ1n) is 5.90. The molecule has 22 heavy (non-hydrogen) atoms. The monoisotopic (exact) mass is 325 g/mol. The Labute approximate surface area is 120 Å². The third-order valence-corrected chi connectivity index (χ3v) is 3.09. The molecule has 1 aromatic carbocycles. The average molecular weight is 325 g/mol. The van der Waals surface area contributed by atoms with Crippen molar-refractivity contribution < 1.29 is 35.5 Å². The fourth-order valence-electron chi connectivity index (χ4n) is 2.11. The van der Waals surface area contributed by atoms with E-state index in [0.29, 0.717) is 12.1 Å². The van der Waals surface area contributed by atoms with Gasteiger partial charge in [-0.1, -0.05) is 0 Å². The van der Waals surface area contributed by atoms with E-state index in [2.05, 4.69) is 4.74 Å². The van der Waals surface area contributed by atoms with Crippen molar-refractivity contribution in [3.63, 3.8) is 0 Å². The van der Waals surface area contributed by atoms with Gasteiger partial charge in [0.25, 0.3) is 0 Å². The van der Waals surface area contributed by atoms with Gasteiger partial charge in [0, 0.05) is 12.0 Å². The van der Waals surface area contributed by atoms with Gasteiger partial charge in [-0.3, -0.25) is 0 Å². The van der Waals surface area contributed by atoms with Gasteiger partial charge in [-0.25, -0.2) is 17.6 Å². The molecule has 0 heterocycles. The zero-order valence-corrected chi connectivity index (χ0v) is 11.0. The van der Waals surface area contributed by atoms with Gasteiger partial charge in [-0.2, -0.15) is 13.2 Å². The molecule has 0 atom stereocenters. The van der Waals surface area contributed by atoms with Gasteiger partial charge in [0.05, 0.1) is 12.7 Å². The summed E-state index contributed by atoms with van der Waals surface area (Å²) in [6.45, 7) is 0. The Kier molecular flexibility index (Phi) is 4.21. The summed E-state index contributed by atoms with van der Waals surface area (Å²) < 4.78 is 97.4. The van der Waals surface area contributed by atoms with E-state index in [9.17, 15) is 30.7 Å². The quantitative estimate of drug-likeness (QED) is 0.558. The van der Waals surface area contributed by atoms with Crippen LogP contribution in [0.2, 0.25) is 0 Å². The van der Waals surface area contributed by atoms with Crippen molar-refractivity contribution in [3.8, 4) is 0 Å². The molecule has 1 nitrogen and oxygen atoms in total. The number of rotatable bonds is 2. The van der Waals surface area contributed by atoms with Gasteiger partial charge < -0.3 is 4.74 Å². The molecule has 0 aliphatic heterocycles. The number of hydrogen-bond donors (Lipinski definition) is 0. The van der Waals surface area contributed by atoms with E-state index in [1.54, 1.807) is 0 Å². The third kappa shape index (κ3) is 2.69. The second-order valence-corrected chi connectivity index (χ2v) is 4.36. The van der Waals surface area contributed by atoms with E-state index in [4.69, 9.17) is 0 Å². The van der Waals surface area contributed by atoms with Gasteiger partial charge in [-0.05, 0) is 24.1 Å². The van der Waals surface area contributed by atoms with Crippen molar-refractivity contribution >= 4 is 5.57 Å². The molecule has 1 aromatic rings. The van der Waals surface area contributed by atoms with Crippen molar-refractivity contribution in [2.24, 2.45) is 0 Å². The van der Waals surface area contributed by atoms with E-state index < -0.39 is 58.3 Å². The maximum atomic E-state index is 13.9. The molecular formula is C14H8F7O. The molecule has 0 spiro atoms. The summed E-state index contributed by atoms with van der Waals surface area (Å²) in [5.41, 5.74) is -3.45. The molecule has 8 heteroatoms. The molecule has 119 valence electrons. The zero-order valence-electron chi connectivity index (χ0n) is 11.0. The lowest BCUT2D eigenvalue weighted by molar-refractivity contribution is -0.0912. The van der Waals surface area contributed by atoms with Crippen LogP contribution in [0.25, 0.3) is 5.57 Å². The van der Waals surface area contributed by atoms with E-state index >= 15 is 0 Å². The highest BCUT2D eigenvalue weighted by atomic mass is 19.4. The molecule has 0 unspecified atom stereocenters. The molecule has 1 radical (unpaired) electrons. The highest BCUT2D eigenvalue weighted by Gasteiger charge is 2.43. The van der Waals surface area contributed by atoms with Gasteiger partial charge in [0.1, 0.15) is 5.76 Å². The van der Waals surface area contributed by atoms with Gasteiger partial charge >= 0.3 is 6.18 Å². The first kappa shape index (κ1) is 16.4. The number of allylic oxidation sites excluding steroid dienone is 4. The van der Waals surface area contributed by atoms with Crippen molar-refractivity contribution in [1.29, 1.82) is 0 Å². The minimum atomic E-state index is -5.16. The minimum Gasteiger partial charge on any atom is -0.498 e. The predicted molar refractivity (Wildman–Crippen MR) is 63.4 cm³/mol. The fourth-order valence-corrected chi connectivity index (χ4v) is 2.11. The summed E-state index contributed by atoms with van der Waals surface area (Å²) in [7, 11) is 0.975. The second kappa shape index (κ2) is 5.66. The van der Waals surface area contributed by atoms with Crippen LogP contribution >= 0.6 is 0 Å². The first-order valence-corrected chi connectivity index (χ1v) is 5.90. The molecule has 0 fully saturated rings. The molecule has 0 aromatic heterocycles. The van der Waals surface area contributed by atoms with Crippen LogP contribution < -0.4 is 0 Å². The Hall–Kier alpha value is -1.99. The third-order valence-electron chi connectivity index (χ3n) is 3.09. The van der Waals surface area contributed by atoms with Gasteiger partial charge in [0.2, 0.25) is 0 Å². The van der Waals surface area contributed by atoms with Crippen LogP contribution in [0.1, 0.15) is 12.0 Å². The van der Waals surface area contributed by atoms with Crippen molar-refractivity contribution in [2.45, 2.75) is 12.6 Å². The number of hydrogen-bond acceptors (Lipinski definition) is 1. The molecular weight excluding hydrogens is 317 g/mol. The van der Waals surface area contributed by atoms with Crippen LogP contribution in [0.5, 0.6) is 0 Å². The predicted octanol–water partition coefficient (Wildman–Crippen LogP) is 4.86. The van der Waals surface area contributed by atoms with Crippen molar-refractivity contribution in [2.75, 3.05) is 7.11 Å². The minimum absolute atomic E-state index is 0.474. The summed E-state index contributed by atoms with van der Waals surface area (Å²) in [5.74, 6) is -7.67. The summed E-state index contributed by atoms with van der Waals surface area (Å²) >= 11 is 0. The fraction of sp³-hybridized carbons (Fsp3) is 0.214. The molecule has 2 rings (SSSR count). The van der Waals surface area contributed by atoms with E-state index in [0.717, 1.165) is 13.5 Å². The molecule has 1 aliphatic rings.